The second kappa shape index (κ2) is 5.83. The van der Waals surface area contributed by atoms with Crippen molar-refractivity contribution in [3.63, 3.8) is 0 Å². The van der Waals surface area contributed by atoms with E-state index in [0.29, 0.717) is 19.0 Å². The molecule has 0 radical (unpaired) electrons. The summed E-state index contributed by atoms with van der Waals surface area (Å²) < 4.78 is 0. The van der Waals surface area contributed by atoms with Crippen molar-refractivity contribution >= 4 is 6.09 Å². The molecule has 20 heavy (non-hydrogen) atoms. The van der Waals surface area contributed by atoms with E-state index in [1.165, 1.54) is 11.1 Å². The third-order valence-corrected chi connectivity index (χ3v) is 4.61. The van der Waals surface area contributed by atoms with Gasteiger partial charge in [0.25, 0.3) is 0 Å². The molecule has 0 spiro atoms. The summed E-state index contributed by atoms with van der Waals surface area (Å²) in [6, 6.07) is 8.70. The predicted molar refractivity (Wildman–Crippen MR) is 77.7 cm³/mol. The van der Waals surface area contributed by atoms with Gasteiger partial charge in [-0.05, 0) is 36.3 Å². The SMILES string of the molecule is O=C(O)N1CCC(CN2CCc3ccccc3C2)CC1. The van der Waals surface area contributed by atoms with Crippen molar-refractivity contribution in [2.75, 3.05) is 26.2 Å². The first-order valence-corrected chi connectivity index (χ1v) is 7.49. The van der Waals surface area contributed by atoms with Gasteiger partial charge in [0.05, 0.1) is 0 Å². The maximum Gasteiger partial charge on any atom is 0.407 e. The van der Waals surface area contributed by atoms with Gasteiger partial charge in [0.15, 0.2) is 0 Å². The lowest BCUT2D eigenvalue weighted by Gasteiger charge is -2.35. The predicted octanol–water partition coefficient (Wildman–Crippen LogP) is 2.43. The van der Waals surface area contributed by atoms with Gasteiger partial charge in [-0.2, -0.15) is 0 Å². The standard InChI is InChI=1S/C16H22N2O2/c19-16(20)18-9-5-13(6-10-18)11-17-8-7-14-3-1-2-4-15(14)12-17/h1-4,13H,5-12H2,(H,19,20). The second-order valence-electron chi connectivity index (χ2n) is 5.97. The molecule has 0 bridgehead atoms. The van der Waals surface area contributed by atoms with Crippen LogP contribution < -0.4 is 0 Å². The highest BCUT2D eigenvalue weighted by molar-refractivity contribution is 5.64. The van der Waals surface area contributed by atoms with Gasteiger partial charge < -0.3 is 10.0 Å². The van der Waals surface area contributed by atoms with Crippen LogP contribution >= 0.6 is 0 Å². The Morgan fingerprint density at radius 3 is 2.55 bits per heavy atom. The van der Waals surface area contributed by atoms with Crippen LogP contribution in [0, 0.1) is 5.92 Å². The van der Waals surface area contributed by atoms with Crippen LogP contribution in [0.1, 0.15) is 24.0 Å². The summed E-state index contributed by atoms with van der Waals surface area (Å²) in [7, 11) is 0. The van der Waals surface area contributed by atoms with Gasteiger partial charge in [-0.3, -0.25) is 4.90 Å². The third kappa shape index (κ3) is 2.96. The van der Waals surface area contributed by atoms with Crippen LogP contribution in [0.3, 0.4) is 0 Å². The van der Waals surface area contributed by atoms with E-state index in [9.17, 15) is 4.79 Å². The van der Waals surface area contributed by atoms with Crippen LogP contribution in [0.25, 0.3) is 0 Å². The molecule has 3 rings (SSSR count). The van der Waals surface area contributed by atoms with Crippen molar-refractivity contribution in [1.29, 1.82) is 0 Å². The lowest BCUT2D eigenvalue weighted by molar-refractivity contribution is 0.111. The van der Waals surface area contributed by atoms with Crippen molar-refractivity contribution in [3.05, 3.63) is 35.4 Å². The minimum Gasteiger partial charge on any atom is -0.465 e. The molecule has 108 valence electrons. The highest BCUT2D eigenvalue weighted by Crippen LogP contribution is 2.23. The fraction of sp³-hybridized carbons (Fsp3) is 0.562. The molecule has 1 N–H and O–H groups in total. The van der Waals surface area contributed by atoms with E-state index < -0.39 is 6.09 Å². The van der Waals surface area contributed by atoms with E-state index >= 15 is 0 Å². The fourth-order valence-corrected chi connectivity index (χ4v) is 3.38. The summed E-state index contributed by atoms with van der Waals surface area (Å²) in [5, 5.41) is 8.97. The Labute approximate surface area is 120 Å². The Morgan fingerprint density at radius 1 is 1.15 bits per heavy atom. The Balaban J connectivity index is 1.52. The number of piperidine rings is 1. The molecule has 1 amide bonds. The van der Waals surface area contributed by atoms with Crippen LogP contribution in [0.15, 0.2) is 24.3 Å². The Morgan fingerprint density at radius 2 is 1.85 bits per heavy atom. The van der Waals surface area contributed by atoms with Crippen LogP contribution in [0.2, 0.25) is 0 Å². The van der Waals surface area contributed by atoms with Crippen LogP contribution in [0.5, 0.6) is 0 Å². The summed E-state index contributed by atoms with van der Waals surface area (Å²) >= 11 is 0. The Kier molecular flexibility index (Phi) is 3.92. The number of hydrogen-bond donors (Lipinski definition) is 1. The summed E-state index contributed by atoms with van der Waals surface area (Å²) in [6.07, 6.45) is 2.38. The Hall–Kier alpha value is -1.55. The van der Waals surface area contributed by atoms with Crippen molar-refractivity contribution in [3.8, 4) is 0 Å². The molecule has 2 heterocycles. The van der Waals surface area contributed by atoms with Gasteiger partial charge in [-0.15, -0.1) is 0 Å². The van der Waals surface area contributed by atoms with Crippen molar-refractivity contribution < 1.29 is 9.90 Å². The number of carbonyl (C=O) groups is 1. The highest BCUT2D eigenvalue weighted by atomic mass is 16.4. The van der Waals surface area contributed by atoms with Gasteiger partial charge in [-0.25, -0.2) is 4.79 Å². The van der Waals surface area contributed by atoms with Gasteiger partial charge in [0, 0.05) is 32.7 Å². The van der Waals surface area contributed by atoms with E-state index in [2.05, 4.69) is 29.2 Å². The number of hydrogen-bond acceptors (Lipinski definition) is 2. The topological polar surface area (TPSA) is 43.8 Å². The monoisotopic (exact) mass is 274 g/mol. The zero-order valence-electron chi connectivity index (χ0n) is 11.8. The molecule has 2 aliphatic heterocycles. The number of likely N-dealkylation sites (tertiary alicyclic amines) is 1. The first-order chi connectivity index (χ1) is 9.72. The molecule has 0 aromatic heterocycles. The molecule has 0 aliphatic carbocycles. The van der Waals surface area contributed by atoms with Crippen LogP contribution in [-0.4, -0.2) is 47.2 Å². The Bertz CT molecular complexity index is 481. The number of carboxylic acid groups (broad SMARTS) is 1. The van der Waals surface area contributed by atoms with Crippen LogP contribution in [-0.2, 0) is 13.0 Å². The number of benzene rings is 1. The quantitative estimate of drug-likeness (QED) is 0.901. The summed E-state index contributed by atoms with van der Waals surface area (Å²) in [4.78, 5) is 15.0. The molecular weight excluding hydrogens is 252 g/mol. The zero-order valence-corrected chi connectivity index (χ0v) is 11.8. The number of amides is 1. The third-order valence-electron chi connectivity index (χ3n) is 4.61. The molecule has 1 aromatic carbocycles. The average Bonchev–Trinajstić information content (AvgIpc) is 2.48. The van der Waals surface area contributed by atoms with Gasteiger partial charge in [0.1, 0.15) is 0 Å². The molecular formula is C16H22N2O2. The molecule has 0 saturated carbocycles. The van der Waals surface area contributed by atoms with E-state index in [1.807, 2.05) is 0 Å². The molecule has 2 aliphatic rings. The minimum atomic E-state index is -0.768. The molecule has 0 unspecified atom stereocenters. The number of rotatable bonds is 2. The molecule has 1 saturated heterocycles. The van der Waals surface area contributed by atoms with Gasteiger partial charge in [0.2, 0.25) is 0 Å². The van der Waals surface area contributed by atoms with Crippen molar-refractivity contribution in [2.45, 2.75) is 25.8 Å². The summed E-state index contributed by atoms with van der Waals surface area (Å²) in [5.74, 6) is 0.649. The van der Waals surface area contributed by atoms with Crippen LogP contribution in [0.4, 0.5) is 4.79 Å². The lowest BCUT2D eigenvalue weighted by Crippen LogP contribution is -2.42. The molecule has 1 fully saturated rings. The minimum absolute atomic E-state index is 0.649. The lowest BCUT2D eigenvalue weighted by atomic mass is 9.94. The van der Waals surface area contributed by atoms with Gasteiger partial charge >= 0.3 is 6.09 Å². The molecule has 4 heteroatoms. The fourth-order valence-electron chi connectivity index (χ4n) is 3.38. The average molecular weight is 274 g/mol. The van der Waals surface area contributed by atoms with E-state index in [4.69, 9.17) is 5.11 Å². The van der Waals surface area contributed by atoms with E-state index in [-0.39, 0.29) is 0 Å². The first kappa shape index (κ1) is 13.4. The maximum atomic E-state index is 10.9. The van der Waals surface area contributed by atoms with E-state index in [0.717, 1.165) is 38.9 Å². The number of fused-ring (bicyclic) bond motifs is 1. The molecule has 4 nitrogen and oxygen atoms in total. The smallest absolute Gasteiger partial charge is 0.407 e. The molecule has 0 atom stereocenters. The largest absolute Gasteiger partial charge is 0.465 e. The highest BCUT2D eigenvalue weighted by Gasteiger charge is 2.25. The van der Waals surface area contributed by atoms with Gasteiger partial charge in [-0.1, -0.05) is 24.3 Å². The van der Waals surface area contributed by atoms with Crippen molar-refractivity contribution in [2.24, 2.45) is 5.92 Å². The molecule has 1 aromatic rings. The van der Waals surface area contributed by atoms with Crippen molar-refractivity contribution in [1.82, 2.24) is 9.80 Å². The summed E-state index contributed by atoms with van der Waals surface area (Å²) in [6.45, 7) is 4.70. The summed E-state index contributed by atoms with van der Waals surface area (Å²) in [5.41, 5.74) is 2.95. The maximum absolute atomic E-state index is 10.9. The second-order valence-corrected chi connectivity index (χ2v) is 5.97. The zero-order chi connectivity index (χ0) is 13.9. The van der Waals surface area contributed by atoms with E-state index in [1.54, 1.807) is 4.90 Å². The first-order valence-electron chi connectivity index (χ1n) is 7.49. The number of nitrogens with zero attached hydrogens (tertiary/aromatic N) is 2. The normalized spacial score (nSPS) is 20.7.